The molecule has 0 radical (unpaired) electrons. The molecule has 0 aliphatic carbocycles. The summed E-state index contributed by atoms with van der Waals surface area (Å²) in [5.41, 5.74) is 2.32. The number of benzene rings is 1. The lowest BCUT2D eigenvalue weighted by molar-refractivity contribution is 0.180. The Hall–Kier alpha value is -1.62. The fourth-order valence-corrected chi connectivity index (χ4v) is 2.23. The summed E-state index contributed by atoms with van der Waals surface area (Å²) < 4.78 is 10.2. The lowest BCUT2D eigenvalue weighted by Gasteiger charge is -2.25. The summed E-state index contributed by atoms with van der Waals surface area (Å²) in [7, 11) is 1.25. The van der Waals surface area contributed by atoms with Crippen molar-refractivity contribution in [3.8, 4) is 5.75 Å². The van der Waals surface area contributed by atoms with Crippen molar-refractivity contribution >= 4 is 23.4 Å². The first kappa shape index (κ1) is 13.8. The topological polar surface area (TPSA) is 60.2 Å². The largest absolute Gasteiger partial charge is 0.488 e. The van der Waals surface area contributed by atoms with Gasteiger partial charge >= 0.3 is 6.09 Å². The van der Waals surface area contributed by atoms with Crippen LogP contribution in [0.5, 0.6) is 5.75 Å². The Morgan fingerprint density at radius 3 is 3.00 bits per heavy atom. The first-order chi connectivity index (χ1) is 9.02. The van der Waals surface area contributed by atoms with Crippen LogP contribution in [0.4, 0.5) is 10.5 Å². The van der Waals surface area contributed by atoms with E-state index in [0.29, 0.717) is 16.5 Å². The Morgan fingerprint density at radius 1 is 1.58 bits per heavy atom. The summed E-state index contributed by atoms with van der Waals surface area (Å²) >= 11 is 6.28. The molecule has 1 atom stereocenters. The highest BCUT2D eigenvalue weighted by molar-refractivity contribution is 6.32. The predicted molar refractivity (Wildman–Crippen MR) is 71.5 cm³/mol. The zero-order chi connectivity index (χ0) is 14.0. The summed E-state index contributed by atoms with van der Waals surface area (Å²) in [5.74, 6) is 0.613. The van der Waals surface area contributed by atoms with Crippen LogP contribution < -0.4 is 4.74 Å². The van der Waals surface area contributed by atoms with E-state index in [9.17, 15) is 4.79 Å². The molecule has 19 heavy (non-hydrogen) atoms. The first-order valence-corrected chi connectivity index (χ1v) is 6.39. The Balaban J connectivity index is 2.46. The number of halogens is 1. The molecule has 1 amide bonds. The third kappa shape index (κ3) is 2.87. The van der Waals surface area contributed by atoms with Gasteiger partial charge in [0.05, 0.1) is 18.2 Å². The summed E-state index contributed by atoms with van der Waals surface area (Å²) in [6.07, 6.45) is 1.09. The van der Waals surface area contributed by atoms with Gasteiger partial charge in [-0.1, -0.05) is 16.7 Å². The van der Waals surface area contributed by atoms with Gasteiger partial charge in [0, 0.05) is 5.56 Å². The molecule has 1 aliphatic heterocycles. The van der Waals surface area contributed by atoms with Gasteiger partial charge in [-0.3, -0.25) is 0 Å². The van der Waals surface area contributed by atoms with Crippen molar-refractivity contribution in [3.05, 3.63) is 22.2 Å². The van der Waals surface area contributed by atoms with Crippen molar-refractivity contribution in [2.75, 3.05) is 7.11 Å². The highest BCUT2D eigenvalue weighted by Gasteiger charge is 2.23. The van der Waals surface area contributed by atoms with Crippen LogP contribution in [0.1, 0.15) is 24.5 Å². The van der Waals surface area contributed by atoms with Gasteiger partial charge in [-0.25, -0.2) is 4.79 Å². The molecule has 0 aromatic heterocycles. The van der Waals surface area contributed by atoms with E-state index < -0.39 is 6.09 Å². The van der Waals surface area contributed by atoms with Crippen LogP contribution in [0.3, 0.4) is 0 Å². The molecule has 6 heteroatoms. The van der Waals surface area contributed by atoms with Gasteiger partial charge in [-0.05, 0) is 38.3 Å². The third-order valence-corrected chi connectivity index (χ3v) is 3.53. The van der Waals surface area contributed by atoms with Crippen molar-refractivity contribution in [2.24, 2.45) is 10.2 Å². The summed E-state index contributed by atoms with van der Waals surface area (Å²) in [6, 6.07) is 1.76. The SMILES string of the molecule is COC(=O)N=Nc1cc(C)c(Cl)c2c1OC(C)CC2. The summed E-state index contributed by atoms with van der Waals surface area (Å²) in [4.78, 5) is 11.0. The minimum absolute atomic E-state index is 0.0957. The van der Waals surface area contributed by atoms with Gasteiger partial charge in [-0.2, -0.15) is 0 Å². The molecule has 0 saturated heterocycles. The number of nitrogens with zero attached hydrogens (tertiary/aromatic N) is 2. The molecule has 0 N–H and O–H groups in total. The molecular formula is C13H15ClN2O3. The maximum atomic E-state index is 11.0. The molecule has 1 aromatic rings. The Kier molecular flexibility index (Phi) is 4.04. The Labute approximate surface area is 116 Å². The molecule has 102 valence electrons. The molecular weight excluding hydrogens is 268 g/mol. The highest BCUT2D eigenvalue weighted by Crippen LogP contribution is 2.42. The minimum atomic E-state index is -0.745. The Bertz CT molecular complexity index is 543. The number of hydrogen-bond acceptors (Lipinski definition) is 4. The minimum Gasteiger partial charge on any atom is -0.488 e. The van der Waals surface area contributed by atoms with Crippen molar-refractivity contribution in [2.45, 2.75) is 32.8 Å². The monoisotopic (exact) mass is 282 g/mol. The number of amides is 1. The van der Waals surface area contributed by atoms with E-state index in [1.165, 1.54) is 7.11 Å². The molecule has 0 bridgehead atoms. The van der Waals surface area contributed by atoms with Gasteiger partial charge in [0.2, 0.25) is 0 Å². The van der Waals surface area contributed by atoms with Crippen LogP contribution >= 0.6 is 11.6 Å². The number of methoxy groups -OCH3 is 1. The summed E-state index contributed by atoms with van der Waals surface area (Å²) in [5, 5.41) is 8.04. The molecule has 1 unspecified atom stereocenters. The van der Waals surface area contributed by atoms with Gasteiger partial charge < -0.3 is 9.47 Å². The molecule has 1 heterocycles. The number of carbonyl (C=O) groups is 1. The maximum Gasteiger partial charge on any atom is 0.452 e. The van der Waals surface area contributed by atoms with Crippen LogP contribution in [0.25, 0.3) is 0 Å². The molecule has 1 aromatic carbocycles. The van der Waals surface area contributed by atoms with E-state index in [2.05, 4.69) is 15.0 Å². The standard InChI is InChI=1S/C13H15ClN2O3/c1-7-6-10(15-16-13(17)18-3)12-9(11(7)14)5-4-8(2)19-12/h6,8H,4-5H2,1-3H3. The van der Waals surface area contributed by atoms with Crippen LogP contribution in [-0.4, -0.2) is 19.3 Å². The predicted octanol–water partition coefficient (Wildman–Crippen LogP) is 4.21. The van der Waals surface area contributed by atoms with Gasteiger partial charge in [0.25, 0.3) is 0 Å². The van der Waals surface area contributed by atoms with Gasteiger partial charge in [0.1, 0.15) is 5.69 Å². The molecule has 0 spiro atoms. The fraction of sp³-hybridized carbons (Fsp3) is 0.462. The molecule has 0 fully saturated rings. The van der Waals surface area contributed by atoms with Crippen LogP contribution in [-0.2, 0) is 11.2 Å². The number of carbonyl (C=O) groups excluding carboxylic acids is 1. The second-order valence-corrected chi connectivity index (χ2v) is 4.85. The van der Waals surface area contributed by atoms with Crippen molar-refractivity contribution in [3.63, 3.8) is 0 Å². The number of aryl methyl sites for hydroxylation is 1. The second-order valence-electron chi connectivity index (χ2n) is 4.47. The van der Waals surface area contributed by atoms with Gasteiger partial charge in [-0.15, -0.1) is 5.11 Å². The zero-order valence-corrected chi connectivity index (χ0v) is 11.8. The van der Waals surface area contributed by atoms with E-state index in [-0.39, 0.29) is 6.10 Å². The number of azo groups is 1. The maximum absolute atomic E-state index is 11.0. The number of hydrogen-bond donors (Lipinski definition) is 0. The Morgan fingerprint density at radius 2 is 2.32 bits per heavy atom. The van der Waals surface area contributed by atoms with Crippen molar-refractivity contribution < 1.29 is 14.3 Å². The first-order valence-electron chi connectivity index (χ1n) is 6.01. The second kappa shape index (κ2) is 5.57. The van der Waals surface area contributed by atoms with Gasteiger partial charge in [0.15, 0.2) is 5.75 Å². The molecule has 1 aliphatic rings. The number of rotatable bonds is 1. The van der Waals surface area contributed by atoms with Crippen molar-refractivity contribution in [1.82, 2.24) is 0 Å². The lowest BCUT2D eigenvalue weighted by Crippen LogP contribution is -2.19. The molecule has 0 saturated carbocycles. The molecule has 5 nitrogen and oxygen atoms in total. The number of fused-ring (bicyclic) bond motifs is 1. The highest BCUT2D eigenvalue weighted by atomic mass is 35.5. The van der Waals surface area contributed by atoms with Crippen LogP contribution in [0.15, 0.2) is 16.3 Å². The summed E-state index contributed by atoms with van der Waals surface area (Å²) in [6.45, 7) is 3.87. The third-order valence-electron chi connectivity index (χ3n) is 3.01. The quantitative estimate of drug-likeness (QED) is 0.725. The van der Waals surface area contributed by atoms with E-state index >= 15 is 0 Å². The lowest BCUT2D eigenvalue weighted by atomic mass is 9.99. The van der Waals surface area contributed by atoms with E-state index in [4.69, 9.17) is 16.3 Å². The fourth-order valence-electron chi connectivity index (χ4n) is 2.00. The van der Waals surface area contributed by atoms with Crippen LogP contribution in [0, 0.1) is 6.92 Å². The zero-order valence-electron chi connectivity index (χ0n) is 11.1. The van der Waals surface area contributed by atoms with E-state index in [1.54, 1.807) is 6.07 Å². The smallest absolute Gasteiger partial charge is 0.452 e. The molecule has 2 rings (SSSR count). The average Bonchev–Trinajstić information content (AvgIpc) is 2.40. The normalized spacial score (nSPS) is 18.0. The van der Waals surface area contributed by atoms with E-state index in [1.807, 2.05) is 13.8 Å². The number of ether oxygens (including phenoxy) is 2. The van der Waals surface area contributed by atoms with Crippen LogP contribution in [0.2, 0.25) is 5.02 Å². The average molecular weight is 283 g/mol. The van der Waals surface area contributed by atoms with E-state index in [0.717, 1.165) is 24.0 Å². The van der Waals surface area contributed by atoms with Crippen molar-refractivity contribution in [1.29, 1.82) is 0 Å².